The highest BCUT2D eigenvalue weighted by molar-refractivity contribution is 7.89. The number of hydrogen-bond acceptors (Lipinski definition) is 4. The molecule has 0 saturated heterocycles. The molecule has 0 fully saturated rings. The molecule has 110 valence electrons. The van der Waals surface area contributed by atoms with E-state index in [1.54, 1.807) is 0 Å². The number of sulfonamides is 1. The highest BCUT2D eigenvalue weighted by Crippen LogP contribution is 2.29. The number of carboxylic acids is 1. The first-order valence-corrected chi connectivity index (χ1v) is 7.26. The van der Waals surface area contributed by atoms with Gasteiger partial charge in [0.25, 0.3) is 0 Å². The summed E-state index contributed by atoms with van der Waals surface area (Å²) in [7, 11) is -3.99. The third kappa shape index (κ3) is 2.83. The zero-order chi connectivity index (χ0) is 15.5. The molecule has 0 aliphatic rings. The quantitative estimate of drug-likeness (QED) is 0.777. The molecule has 0 spiro atoms. The van der Waals surface area contributed by atoms with E-state index in [2.05, 4.69) is 13.2 Å². The first-order chi connectivity index (χ1) is 9.27. The lowest BCUT2D eigenvalue weighted by Crippen LogP contribution is -2.32. The van der Waals surface area contributed by atoms with Crippen LogP contribution in [-0.4, -0.2) is 36.9 Å². The second kappa shape index (κ2) is 6.06. The Balaban J connectivity index is 3.52. The van der Waals surface area contributed by atoms with Crippen molar-refractivity contribution in [2.45, 2.75) is 18.7 Å². The third-order valence-electron chi connectivity index (χ3n) is 2.68. The predicted molar refractivity (Wildman–Crippen MR) is 74.3 cm³/mol. The zero-order valence-corrected chi connectivity index (χ0v) is 12.2. The van der Waals surface area contributed by atoms with Gasteiger partial charge in [0.15, 0.2) is 0 Å². The minimum Gasteiger partial charge on any atom is -0.478 e. The number of hydrogen-bond donors (Lipinski definition) is 1. The summed E-state index contributed by atoms with van der Waals surface area (Å²) < 4.78 is 31.4. The Hall–Kier alpha value is -1.86. The van der Waals surface area contributed by atoms with Gasteiger partial charge in [-0.1, -0.05) is 12.2 Å². The fraction of sp³-hybridized carbons (Fsp3) is 0.308. The Morgan fingerprint density at radius 2 is 1.75 bits per heavy atom. The van der Waals surface area contributed by atoms with Crippen molar-refractivity contribution in [3.63, 3.8) is 0 Å². The molecule has 0 radical (unpaired) electrons. The largest absolute Gasteiger partial charge is 0.478 e. The Morgan fingerprint density at radius 3 is 2.15 bits per heavy atom. The molecule has 0 aromatic carbocycles. The van der Waals surface area contributed by atoms with Gasteiger partial charge < -0.3 is 9.52 Å². The summed E-state index contributed by atoms with van der Waals surface area (Å²) in [5.74, 6) is -1.22. The lowest BCUT2D eigenvalue weighted by molar-refractivity contribution is 0.0691. The van der Waals surface area contributed by atoms with E-state index in [0.717, 1.165) is 4.31 Å². The molecule has 0 aliphatic carbocycles. The van der Waals surface area contributed by atoms with E-state index in [1.165, 1.54) is 26.0 Å². The summed E-state index contributed by atoms with van der Waals surface area (Å²) in [6.07, 6.45) is 2.84. The summed E-state index contributed by atoms with van der Waals surface area (Å²) in [5.41, 5.74) is -0.333. The maximum absolute atomic E-state index is 12.6. The fourth-order valence-corrected chi connectivity index (χ4v) is 3.66. The summed E-state index contributed by atoms with van der Waals surface area (Å²) >= 11 is 0. The van der Waals surface area contributed by atoms with Gasteiger partial charge in [-0.25, -0.2) is 13.2 Å². The lowest BCUT2D eigenvalue weighted by atomic mass is 10.2. The van der Waals surface area contributed by atoms with Crippen molar-refractivity contribution < 1.29 is 22.7 Å². The van der Waals surface area contributed by atoms with E-state index in [0.29, 0.717) is 0 Å². The average Bonchev–Trinajstić information content (AvgIpc) is 2.64. The lowest BCUT2D eigenvalue weighted by Gasteiger charge is -2.18. The molecule has 1 N–H and O–H groups in total. The summed E-state index contributed by atoms with van der Waals surface area (Å²) in [6, 6.07) is 0. The second-order valence-corrected chi connectivity index (χ2v) is 6.00. The topological polar surface area (TPSA) is 87.8 Å². The molecule has 1 aromatic heterocycles. The van der Waals surface area contributed by atoms with E-state index < -0.39 is 16.0 Å². The van der Waals surface area contributed by atoms with Gasteiger partial charge in [-0.15, -0.1) is 13.2 Å². The van der Waals surface area contributed by atoms with Crippen LogP contribution in [0.25, 0.3) is 0 Å². The Kier molecular flexibility index (Phi) is 4.91. The SMILES string of the molecule is C=CCN(CC=C)S(=O)(=O)c1c(C)oc(C)c1C(=O)O. The molecule has 1 rings (SSSR count). The molecule has 0 atom stereocenters. The van der Waals surface area contributed by atoms with Crippen LogP contribution in [0, 0.1) is 13.8 Å². The van der Waals surface area contributed by atoms with Crippen LogP contribution in [0.2, 0.25) is 0 Å². The van der Waals surface area contributed by atoms with E-state index >= 15 is 0 Å². The molecule has 1 aromatic rings. The smallest absolute Gasteiger partial charge is 0.340 e. The van der Waals surface area contributed by atoms with Gasteiger partial charge in [0.1, 0.15) is 22.0 Å². The number of aromatic carboxylic acids is 1. The minimum atomic E-state index is -3.99. The monoisotopic (exact) mass is 299 g/mol. The zero-order valence-electron chi connectivity index (χ0n) is 11.4. The van der Waals surface area contributed by atoms with E-state index in [4.69, 9.17) is 4.42 Å². The predicted octanol–water partition coefficient (Wildman–Crippen LogP) is 1.96. The van der Waals surface area contributed by atoms with E-state index in [9.17, 15) is 18.3 Å². The molecular weight excluding hydrogens is 282 g/mol. The molecule has 0 bridgehead atoms. The summed E-state index contributed by atoms with van der Waals surface area (Å²) in [4.78, 5) is 10.9. The molecule has 0 aliphatic heterocycles. The van der Waals surface area contributed by atoms with Crippen molar-refractivity contribution in [3.8, 4) is 0 Å². The van der Waals surface area contributed by atoms with Crippen molar-refractivity contribution >= 4 is 16.0 Å². The Labute approximate surface area is 118 Å². The molecule has 1 heterocycles. The van der Waals surface area contributed by atoms with Gasteiger partial charge in [0.2, 0.25) is 10.0 Å². The fourth-order valence-electron chi connectivity index (χ4n) is 1.91. The van der Waals surface area contributed by atoms with Crippen LogP contribution in [-0.2, 0) is 10.0 Å². The Morgan fingerprint density at radius 1 is 1.25 bits per heavy atom. The molecule has 0 amide bonds. The standard InChI is InChI=1S/C13H17NO5S/c1-5-7-14(8-6-2)20(17,18)12-10(4)19-9(3)11(12)13(15)16/h5-6H,1-2,7-8H2,3-4H3,(H,15,16). The molecule has 20 heavy (non-hydrogen) atoms. The second-order valence-electron chi connectivity index (χ2n) is 4.12. The van der Waals surface area contributed by atoms with Crippen molar-refractivity contribution in [1.29, 1.82) is 0 Å². The highest BCUT2D eigenvalue weighted by atomic mass is 32.2. The van der Waals surface area contributed by atoms with Crippen LogP contribution < -0.4 is 0 Å². The molecular formula is C13H17NO5S. The first-order valence-electron chi connectivity index (χ1n) is 5.82. The number of rotatable bonds is 7. The molecule has 6 nitrogen and oxygen atoms in total. The van der Waals surface area contributed by atoms with Gasteiger partial charge in [-0.05, 0) is 13.8 Å². The molecule has 0 saturated carbocycles. The number of aryl methyl sites for hydroxylation is 2. The van der Waals surface area contributed by atoms with Crippen molar-refractivity contribution in [2.75, 3.05) is 13.1 Å². The van der Waals surface area contributed by atoms with E-state index in [-0.39, 0.29) is 35.1 Å². The van der Waals surface area contributed by atoms with Gasteiger partial charge in [-0.2, -0.15) is 4.31 Å². The van der Waals surface area contributed by atoms with Gasteiger partial charge in [0, 0.05) is 13.1 Å². The number of carboxylic acid groups (broad SMARTS) is 1. The van der Waals surface area contributed by atoms with Crippen molar-refractivity contribution in [1.82, 2.24) is 4.31 Å². The Bertz CT molecular complexity index is 632. The van der Waals surface area contributed by atoms with Gasteiger partial charge in [0.05, 0.1) is 0 Å². The summed E-state index contributed by atoms with van der Waals surface area (Å²) in [5, 5.41) is 9.18. The highest BCUT2D eigenvalue weighted by Gasteiger charge is 2.34. The van der Waals surface area contributed by atoms with Crippen LogP contribution in [0.5, 0.6) is 0 Å². The molecule has 0 unspecified atom stereocenters. The number of nitrogens with zero attached hydrogens (tertiary/aromatic N) is 1. The van der Waals surface area contributed by atoms with Crippen molar-refractivity contribution in [2.24, 2.45) is 0 Å². The number of furan rings is 1. The van der Waals surface area contributed by atoms with Gasteiger partial charge in [-0.3, -0.25) is 0 Å². The minimum absolute atomic E-state index is 0.0527. The first kappa shape index (κ1) is 16.2. The van der Waals surface area contributed by atoms with Crippen LogP contribution in [0.1, 0.15) is 21.9 Å². The third-order valence-corrected chi connectivity index (χ3v) is 4.67. The average molecular weight is 299 g/mol. The van der Waals surface area contributed by atoms with Crippen molar-refractivity contribution in [3.05, 3.63) is 42.4 Å². The molecule has 7 heteroatoms. The maximum Gasteiger partial charge on any atom is 0.340 e. The van der Waals surface area contributed by atoms with E-state index in [1.807, 2.05) is 0 Å². The van der Waals surface area contributed by atoms with Crippen LogP contribution >= 0.6 is 0 Å². The van der Waals surface area contributed by atoms with Crippen LogP contribution in [0.15, 0.2) is 34.6 Å². The maximum atomic E-state index is 12.6. The normalized spacial score (nSPS) is 11.6. The van der Waals surface area contributed by atoms with Crippen LogP contribution in [0.3, 0.4) is 0 Å². The van der Waals surface area contributed by atoms with Crippen LogP contribution in [0.4, 0.5) is 0 Å². The van der Waals surface area contributed by atoms with Gasteiger partial charge >= 0.3 is 5.97 Å². The number of carbonyl (C=O) groups is 1. The summed E-state index contributed by atoms with van der Waals surface area (Å²) in [6.45, 7) is 9.94.